The lowest BCUT2D eigenvalue weighted by atomic mass is 9.93. The highest BCUT2D eigenvalue weighted by Gasteiger charge is 2.19. The van der Waals surface area contributed by atoms with Crippen LogP contribution in [0.5, 0.6) is 0 Å². The van der Waals surface area contributed by atoms with E-state index in [4.69, 9.17) is 5.11 Å². The number of pyridine rings is 1. The van der Waals surface area contributed by atoms with Crippen molar-refractivity contribution in [1.29, 1.82) is 0 Å². The zero-order valence-electron chi connectivity index (χ0n) is 13.0. The van der Waals surface area contributed by atoms with E-state index in [1.54, 1.807) is 18.3 Å². The first kappa shape index (κ1) is 15.6. The minimum atomic E-state index is -0.939. The number of rotatable bonds is 0. The van der Waals surface area contributed by atoms with Crippen LogP contribution in [0.2, 0.25) is 0 Å². The van der Waals surface area contributed by atoms with Gasteiger partial charge in [-0.05, 0) is 30.5 Å². The molecule has 3 aliphatic heterocycles. The minimum absolute atomic E-state index is 0.384. The number of nitrogens with one attached hydrogen (secondary N) is 2. The summed E-state index contributed by atoms with van der Waals surface area (Å²) < 4.78 is 0. The fourth-order valence-electron chi connectivity index (χ4n) is 3.03. The Morgan fingerprint density at radius 3 is 3.17 bits per heavy atom. The normalized spacial score (nSPS) is 21.8. The van der Waals surface area contributed by atoms with Crippen LogP contribution in [0.25, 0.3) is 6.08 Å². The Morgan fingerprint density at radius 2 is 2.35 bits per heavy atom. The molecule has 1 atom stereocenters. The second-order valence-corrected chi connectivity index (χ2v) is 5.86. The van der Waals surface area contributed by atoms with Crippen LogP contribution in [-0.2, 0) is 6.54 Å². The summed E-state index contributed by atoms with van der Waals surface area (Å²) in [5.74, 6) is 0.794. The molecule has 4 rings (SSSR count). The van der Waals surface area contributed by atoms with Gasteiger partial charge in [-0.2, -0.15) is 0 Å². The van der Waals surface area contributed by atoms with E-state index in [0.717, 1.165) is 23.7 Å². The summed E-state index contributed by atoms with van der Waals surface area (Å²) in [4.78, 5) is 16.0. The number of nitrogens with zero attached hydrogens (tertiary/aromatic N) is 2. The number of aromatic nitrogens is 1. The van der Waals surface area contributed by atoms with Crippen LogP contribution in [0.15, 0.2) is 36.3 Å². The maximum atomic E-state index is 10.6. The Morgan fingerprint density at radius 1 is 1.43 bits per heavy atom. The first-order valence-corrected chi connectivity index (χ1v) is 8.00. The van der Waals surface area contributed by atoms with Gasteiger partial charge in [-0.25, -0.2) is 4.79 Å². The molecular weight excluding hydrogens is 292 g/mol. The highest BCUT2D eigenvalue weighted by molar-refractivity contribution is 5.69. The van der Waals surface area contributed by atoms with Gasteiger partial charge < -0.3 is 15.7 Å². The number of carbonyl (C=O) groups is 1. The van der Waals surface area contributed by atoms with Gasteiger partial charge in [0.2, 0.25) is 0 Å². The van der Waals surface area contributed by atoms with Crippen LogP contribution in [0.3, 0.4) is 0 Å². The van der Waals surface area contributed by atoms with Crippen molar-refractivity contribution >= 4 is 12.2 Å². The second kappa shape index (κ2) is 7.28. The van der Waals surface area contributed by atoms with Gasteiger partial charge in [0.15, 0.2) is 0 Å². The third kappa shape index (κ3) is 3.90. The zero-order valence-corrected chi connectivity index (χ0v) is 13.0. The van der Waals surface area contributed by atoms with Crippen LogP contribution in [0.1, 0.15) is 24.1 Å². The van der Waals surface area contributed by atoms with E-state index in [1.807, 2.05) is 6.07 Å². The van der Waals surface area contributed by atoms with Crippen LogP contribution < -0.4 is 10.6 Å². The number of piperidine rings is 1. The van der Waals surface area contributed by atoms with E-state index in [9.17, 15) is 4.79 Å². The molecule has 0 aromatic carbocycles. The maximum absolute atomic E-state index is 10.6. The monoisotopic (exact) mass is 314 g/mol. The average Bonchev–Trinajstić information content (AvgIpc) is 2.62. The fourth-order valence-corrected chi connectivity index (χ4v) is 3.03. The maximum Gasteiger partial charge on any atom is 0.411 e. The summed E-state index contributed by atoms with van der Waals surface area (Å²) >= 11 is 0. The molecule has 122 valence electrons. The molecule has 1 unspecified atom stereocenters. The molecule has 1 amide bonds. The summed E-state index contributed by atoms with van der Waals surface area (Å²) in [6, 6.07) is 3.68. The van der Waals surface area contributed by atoms with Gasteiger partial charge in [0.25, 0.3) is 0 Å². The highest BCUT2D eigenvalue weighted by atomic mass is 16.4. The number of hydrogen-bond acceptors (Lipinski definition) is 4. The molecule has 1 fully saturated rings. The van der Waals surface area contributed by atoms with Crippen LogP contribution in [0.4, 0.5) is 4.79 Å². The topological polar surface area (TPSA) is 77.5 Å². The van der Waals surface area contributed by atoms with Gasteiger partial charge in [-0.1, -0.05) is 12.1 Å². The Balaban J connectivity index is 0.000000140. The van der Waals surface area contributed by atoms with E-state index < -0.39 is 6.09 Å². The number of carboxylic acid groups (broad SMARTS) is 1. The van der Waals surface area contributed by atoms with E-state index in [0.29, 0.717) is 6.54 Å². The van der Waals surface area contributed by atoms with Crippen molar-refractivity contribution in [2.24, 2.45) is 5.92 Å². The molecular formula is C17H22N4O2. The lowest BCUT2D eigenvalue weighted by Gasteiger charge is -2.30. The SMILES string of the molecule is C1=C2NCCCC2CNC1.O=C(O)N1C=Cc2ncccc2C1. The Hall–Kier alpha value is -2.34. The largest absolute Gasteiger partial charge is 0.465 e. The van der Waals surface area contributed by atoms with Gasteiger partial charge in [0.05, 0.1) is 12.2 Å². The minimum Gasteiger partial charge on any atom is -0.465 e. The second-order valence-electron chi connectivity index (χ2n) is 5.86. The summed E-state index contributed by atoms with van der Waals surface area (Å²) in [5.41, 5.74) is 3.28. The summed E-state index contributed by atoms with van der Waals surface area (Å²) in [5, 5.41) is 15.5. The highest BCUT2D eigenvalue weighted by Crippen LogP contribution is 2.20. The fraction of sp³-hybridized carbons (Fsp3) is 0.412. The molecule has 0 aliphatic carbocycles. The quantitative estimate of drug-likeness (QED) is 0.683. The Kier molecular flexibility index (Phi) is 4.92. The molecule has 4 heterocycles. The smallest absolute Gasteiger partial charge is 0.411 e. The molecule has 0 bridgehead atoms. The summed E-state index contributed by atoms with van der Waals surface area (Å²) in [7, 11) is 0. The van der Waals surface area contributed by atoms with Gasteiger partial charge in [-0.15, -0.1) is 0 Å². The first-order valence-electron chi connectivity index (χ1n) is 8.00. The summed E-state index contributed by atoms with van der Waals surface area (Å²) in [6.07, 6.45) is 8.97. The molecule has 3 N–H and O–H groups in total. The summed E-state index contributed by atoms with van der Waals surface area (Å²) in [6.45, 7) is 3.80. The van der Waals surface area contributed by atoms with Crippen molar-refractivity contribution in [1.82, 2.24) is 20.5 Å². The van der Waals surface area contributed by atoms with Crippen molar-refractivity contribution in [3.8, 4) is 0 Å². The van der Waals surface area contributed by atoms with Gasteiger partial charge >= 0.3 is 6.09 Å². The van der Waals surface area contributed by atoms with Crippen LogP contribution >= 0.6 is 0 Å². The van der Waals surface area contributed by atoms with E-state index >= 15 is 0 Å². The third-order valence-corrected chi connectivity index (χ3v) is 4.28. The van der Waals surface area contributed by atoms with Crippen LogP contribution in [-0.4, -0.2) is 40.7 Å². The zero-order chi connectivity index (χ0) is 16.1. The molecule has 6 nitrogen and oxygen atoms in total. The predicted octanol–water partition coefficient (Wildman–Crippen LogP) is 2.02. The van der Waals surface area contributed by atoms with Crippen molar-refractivity contribution in [3.05, 3.63) is 47.6 Å². The molecule has 6 heteroatoms. The van der Waals surface area contributed by atoms with Crippen molar-refractivity contribution in [2.45, 2.75) is 19.4 Å². The molecule has 0 radical (unpaired) electrons. The van der Waals surface area contributed by atoms with E-state index in [2.05, 4.69) is 21.7 Å². The standard InChI is InChI=1S/C9H8N2O2.C8H14N2/c12-9(13)11-5-3-8-7(6-11)2-1-4-10-8;1-2-7-6-9-5-3-8(7)10-4-1/h1-5H,6H2,(H,12,13);3,7,9-10H,1-2,4-6H2. The molecule has 23 heavy (non-hydrogen) atoms. The van der Waals surface area contributed by atoms with Crippen molar-refractivity contribution in [3.63, 3.8) is 0 Å². The van der Waals surface area contributed by atoms with Gasteiger partial charge in [-0.3, -0.25) is 9.88 Å². The first-order chi connectivity index (χ1) is 11.2. The average molecular weight is 314 g/mol. The number of fused-ring (bicyclic) bond motifs is 2. The van der Waals surface area contributed by atoms with E-state index in [-0.39, 0.29) is 0 Å². The third-order valence-electron chi connectivity index (χ3n) is 4.28. The van der Waals surface area contributed by atoms with Gasteiger partial charge in [0, 0.05) is 43.6 Å². The molecule has 1 aromatic rings. The van der Waals surface area contributed by atoms with Crippen LogP contribution in [0, 0.1) is 5.92 Å². The molecule has 0 spiro atoms. The molecule has 1 aromatic heterocycles. The lowest BCUT2D eigenvalue weighted by Crippen LogP contribution is -2.38. The van der Waals surface area contributed by atoms with E-state index in [1.165, 1.54) is 42.7 Å². The Labute approximate surface area is 135 Å². The molecule has 3 aliphatic rings. The lowest BCUT2D eigenvalue weighted by molar-refractivity contribution is 0.160. The molecule has 1 saturated heterocycles. The predicted molar refractivity (Wildman–Crippen MR) is 88.5 cm³/mol. The molecule has 0 saturated carbocycles. The Bertz CT molecular complexity index is 627. The van der Waals surface area contributed by atoms with Crippen molar-refractivity contribution in [2.75, 3.05) is 19.6 Å². The van der Waals surface area contributed by atoms with Crippen molar-refractivity contribution < 1.29 is 9.90 Å². The number of hydrogen-bond donors (Lipinski definition) is 3. The number of amides is 1. The van der Waals surface area contributed by atoms with Gasteiger partial charge in [0.1, 0.15) is 0 Å².